The predicted octanol–water partition coefficient (Wildman–Crippen LogP) is 2.96. The van der Waals surface area contributed by atoms with Crippen LogP contribution >= 0.6 is 0 Å². The van der Waals surface area contributed by atoms with Crippen molar-refractivity contribution in [3.63, 3.8) is 0 Å². The number of halogens is 1. The zero-order chi connectivity index (χ0) is 12.3. The third kappa shape index (κ3) is 2.64. The van der Waals surface area contributed by atoms with Crippen LogP contribution in [0.4, 0.5) is 10.2 Å². The van der Waals surface area contributed by atoms with Gasteiger partial charge in [0, 0.05) is 30.4 Å². The smallest absolute Gasteiger partial charge is 0.148 e. The topological polar surface area (TPSA) is 29.9 Å². The second-order valence-corrected chi connectivity index (χ2v) is 3.93. The van der Waals surface area contributed by atoms with E-state index in [2.05, 4.69) is 10.4 Å². The molecule has 0 aliphatic rings. The van der Waals surface area contributed by atoms with Crippen molar-refractivity contribution in [2.45, 2.75) is 26.9 Å². The molecule has 4 heteroatoms. The average Bonchev–Trinajstić information content (AvgIpc) is 2.69. The van der Waals surface area contributed by atoms with Gasteiger partial charge >= 0.3 is 0 Å². The van der Waals surface area contributed by atoms with E-state index in [1.807, 2.05) is 30.7 Å². The van der Waals surface area contributed by atoms with Crippen molar-refractivity contribution in [2.24, 2.45) is 0 Å². The van der Waals surface area contributed by atoms with Gasteiger partial charge in [0.25, 0.3) is 0 Å². The highest BCUT2D eigenvalue weighted by atomic mass is 19.1. The Balaban J connectivity index is 2.05. The normalized spacial score (nSPS) is 10.5. The van der Waals surface area contributed by atoms with Gasteiger partial charge in [-0.3, -0.25) is 4.68 Å². The van der Waals surface area contributed by atoms with E-state index in [-0.39, 0.29) is 5.82 Å². The van der Waals surface area contributed by atoms with Crippen LogP contribution in [0.25, 0.3) is 0 Å². The molecule has 0 atom stereocenters. The molecule has 0 bridgehead atoms. The number of nitrogens with one attached hydrogen (secondary N) is 1. The fourth-order valence-electron chi connectivity index (χ4n) is 1.74. The Bertz CT molecular complexity index is 505. The maximum Gasteiger partial charge on any atom is 0.148 e. The zero-order valence-electron chi connectivity index (χ0n) is 10.1. The predicted molar refractivity (Wildman–Crippen MR) is 66.4 cm³/mol. The summed E-state index contributed by atoms with van der Waals surface area (Å²) in [6, 6.07) is 8.72. The molecule has 1 aromatic carbocycles. The zero-order valence-corrected chi connectivity index (χ0v) is 10.1. The Morgan fingerprint density at radius 3 is 2.76 bits per heavy atom. The van der Waals surface area contributed by atoms with E-state index in [1.165, 1.54) is 6.07 Å². The highest BCUT2D eigenvalue weighted by molar-refractivity contribution is 5.37. The molecule has 2 aromatic rings. The molecule has 0 spiro atoms. The Kier molecular flexibility index (Phi) is 3.42. The molecule has 1 heterocycles. The van der Waals surface area contributed by atoms with Crippen LogP contribution < -0.4 is 5.32 Å². The Labute approximate surface area is 100 Å². The van der Waals surface area contributed by atoms with Gasteiger partial charge in [0.05, 0.1) is 0 Å². The Hall–Kier alpha value is -1.84. The van der Waals surface area contributed by atoms with Crippen molar-refractivity contribution in [1.29, 1.82) is 0 Å². The van der Waals surface area contributed by atoms with Crippen molar-refractivity contribution in [2.75, 3.05) is 5.32 Å². The first kappa shape index (κ1) is 11.6. The molecule has 90 valence electrons. The van der Waals surface area contributed by atoms with E-state index in [0.29, 0.717) is 12.1 Å². The van der Waals surface area contributed by atoms with Gasteiger partial charge in [-0.1, -0.05) is 18.2 Å². The van der Waals surface area contributed by atoms with Crippen LogP contribution in [-0.4, -0.2) is 9.78 Å². The van der Waals surface area contributed by atoms with Gasteiger partial charge in [0.1, 0.15) is 11.6 Å². The van der Waals surface area contributed by atoms with Gasteiger partial charge < -0.3 is 5.32 Å². The van der Waals surface area contributed by atoms with E-state index in [1.54, 1.807) is 12.1 Å². The summed E-state index contributed by atoms with van der Waals surface area (Å²) in [4.78, 5) is 0. The van der Waals surface area contributed by atoms with E-state index in [9.17, 15) is 4.39 Å². The summed E-state index contributed by atoms with van der Waals surface area (Å²) in [7, 11) is 0. The minimum atomic E-state index is -0.188. The third-order valence-corrected chi connectivity index (χ3v) is 2.70. The number of aromatic nitrogens is 2. The first-order valence-electron chi connectivity index (χ1n) is 5.72. The molecular formula is C13H16FN3. The van der Waals surface area contributed by atoms with Crippen molar-refractivity contribution < 1.29 is 4.39 Å². The quantitative estimate of drug-likeness (QED) is 0.879. The van der Waals surface area contributed by atoms with E-state index >= 15 is 0 Å². The number of anilines is 1. The summed E-state index contributed by atoms with van der Waals surface area (Å²) >= 11 is 0. The molecule has 0 aliphatic heterocycles. The molecule has 0 unspecified atom stereocenters. The van der Waals surface area contributed by atoms with Gasteiger partial charge in [0.2, 0.25) is 0 Å². The lowest BCUT2D eigenvalue weighted by atomic mass is 10.2. The summed E-state index contributed by atoms with van der Waals surface area (Å²) in [5.41, 5.74) is 1.75. The number of benzene rings is 1. The van der Waals surface area contributed by atoms with Gasteiger partial charge in [0.15, 0.2) is 0 Å². The minimum absolute atomic E-state index is 0.188. The second kappa shape index (κ2) is 4.99. The molecule has 0 saturated carbocycles. The third-order valence-electron chi connectivity index (χ3n) is 2.70. The van der Waals surface area contributed by atoms with E-state index < -0.39 is 0 Å². The summed E-state index contributed by atoms with van der Waals surface area (Å²) in [6.45, 7) is 5.34. The van der Waals surface area contributed by atoms with Crippen LogP contribution in [0.2, 0.25) is 0 Å². The van der Waals surface area contributed by atoms with Crippen LogP contribution in [0.15, 0.2) is 30.3 Å². The molecule has 0 saturated heterocycles. The van der Waals surface area contributed by atoms with Crippen LogP contribution in [0, 0.1) is 12.7 Å². The monoisotopic (exact) mass is 233 g/mol. The molecule has 0 fully saturated rings. The Morgan fingerprint density at radius 1 is 1.35 bits per heavy atom. The molecule has 1 aromatic heterocycles. The van der Waals surface area contributed by atoms with E-state index in [0.717, 1.165) is 18.1 Å². The standard InChI is InChI=1S/C13H16FN3/c1-3-17-10(2)8-13(16-17)15-9-11-6-4-5-7-12(11)14/h4-8H,3,9H2,1-2H3,(H,15,16). The van der Waals surface area contributed by atoms with Crippen LogP contribution in [-0.2, 0) is 13.1 Å². The summed E-state index contributed by atoms with van der Waals surface area (Å²) in [5, 5.41) is 7.48. The first-order valence-corrected chi connectivity index (χ1v) is 5.72. The minimum Gasteiger partial charge on any atom is -0.364 e. The lowest BCUT2D eigenvalue weighted by Gasteiger charge is -2.04. The number of hydrogen-bond acceptors (Lipinski definition) is 2. The van der Waals surface area contributed by atoms with Gasteiger partial charge in [-0.2, -0.15) is 5.10 Å². The van der Waals surface area contributed by atoms with Crippen LogP contribution in [0.1, 0.15) is 18.2 Å². The lowest BCUT2D eigenvalue weighted by molar-refractivity contribution is 0.612. The highest BCUT2D eigenvalue weighted by Gasteiger charge is 2.04. The Morgan fingerprint density at radius 2 is 2.12 bits per heavy atom. The van der Waals surface area contributed by atoms with Crippen LogP contribution in [0.5, 0.6) is 0 Å². The molecular weight excluding hydrogens is 217 g/mol. The average molecular weight is 233 g/mol. The van der Waals surface area contributed by atoms with Crippen LogP contribution in [0.3, 0.4) is 0 Å². The van der Waals surface area contributed by atoms with Crippen molar-refractivity contribution in [1.82, 2.24) is 9.78 Å². The molecule has 0 amide bonds. The van der Waals surface area contributed by atoms with Gasteiger partial charge in [-0.15, -0.1) is 0 Å². The number of rotatable bonds is 4. The fourth-order valence-corrected chi connectivity index (χ4v) is 1.74. The highest BCUT2D eigenvalue weighted by Crippen LogP contribution is 2.12. The van der Waals surface area contributed by atoms with Crippen molar-refractivity contribution in [3.05, 3.63) is 47.4 Å². The summed E-state index contributed by atoms with van der Waals surface area (Å²) in [6.07, 6.45) is 0. The van der Waals surface area contributed by atoms with E-state index in [4.69, 9.17) is 0 Å². The van der Waals surface area contributed by atoms with Gasteiger partial charge in [-0.25, -0.2) is 4.39 Å². The molecule has 0 aliphatic carbocycles. The fraction of sp³-hybridized carbons (Fsp3) is 0.308. The lowest BCUT2D eigenvalue weighted by Crippen LogP contribution is -2.03. The molecule has 17 heavy (non-hydrogen) atoms. The maximum absolute atomic E-state index is 13.4. The van der Waals surface area contributed by atoms with Crippen molar-refractivity contribution in [3.8, 4) is 0 Å². The number of nitrogens with zero attached hydrogens (tertiary/aromatic N) is 2. The summed E-state index contributed by atoms with van der Waals surface area (Å²) < 4.78 is 15.3. The van der Waals surface area contributed by atoms with Crippen molar-refractivity contribution >= 4 is 5.82 Å². The largest absolute Gasteiger partial charge is 0.364 e. The molecule has 2 rings (SSSR count). The number of aryl methyl sites for hydroxylation is 2. The molecule has 3 nitrogen and oxygen atoms in total. The molecule has 0 radical (unpaired) electrons. The number of hydrogen-bond donors (Lipinski definition) is 1. The second-order valence-electron chi connectivity index (χ2n) is 3.93. The summed E-state index contributed by atoms with van der Waals surface area (Å²) in [5.74, 6) is 0.597. The molecule has 1 N–H and O–H groups in total. The maximum atomic E-state index is 13.4. The SMILES string of the molecule is CCn1nc(NCc2ccccc2F)cc1C. The van der Waals surface area contributed by atoms with Gasteiger partial charge in [-0.05, 0) is 19.9 Å². The first-order chi connectivity index (χ1) is 8.20.